The summed E-state index contributed by atoms with van der Waals surface area (Å²) in [6, 6.07) is 4.66. The van der Waals surface area contributed by atoms with Crippen LogP contribution in [0.5, 0.6) is 0 Å². The summed E-state index contributed by atoms with van der Waals surface area (Å²) in [6.07, 6.45) is 3.19. The van der Waals surface area contributed by atoms with E-state index >= 15 is 0 Å². The molecule has 20 heavy (non-hydrogen) atoms. The Bertz CT molecular complexity index is 430. The average Bonchev–Trinajstić information content (AvgIpc) is 2.76. The van der Waals surface area contributed by atoms with Crippen LogP contribution in [0, 0.1) is 0 Å². The van der Waals surface area contributed by atoms with Crippen LogP contribution in [0.25, 0.3) is 0 Å². The molecule has 1 saturated carbocycles. The molecule has 1 heterocycles. The zero-order valence-electron chi connectivity index (χ0n) is 12.6. The smallest absolute Gasteiger partial charge is 0.407 e. The number of carbonyl (C=O) groups is 1. The van der Waals surface area contributed by atoms with Gasteiger partial charge in [-0.05, 0) is 52.7 Å². The van der Waals surface area contributed by atoms with Crippen molar-refractivity contribution in [2.24, 2.45) is 0 Å². The Morgan fingerprint density at radius 1 is 1.40 bits per heavy atom. The zero-order valence-corrected chi connectivity index (χ0v) is 12.6. The van der Waals surface area contributed by atoms with E-state index in [-0.39, 0.29) is 18.2 Å². The summed E-state index contributed by atoms with van der Waals surface area (Å²) in [5.74, 6) is 0.938. The molecule has 5 heteroatoms. The minimum atomic E-state index is -0.445. The molecule has 1 fully saturated rings. The largest absolute Gasteiger partial charge is 0.468 e. The van der Waals surface area contributed by atoms with Crippen LogP contribution < -0.4 is 10.6 Å². The second-order valence-electron chi connectivity index (χ2n) is 6.42. The van der Waals surface area contributed by atoms with E-state index in [1.54, 1.807) is 6.26 Å². The van der Waals surface area contributed by atoms with E-state index in [4.69, 9.17) is 9.15 Å². The maximum atomic E-state index is 11.6. The van der Waals surface area contributed by atoms with E-state index in [2.05, 4.69) is 17.6 Å². The summed E-state index contributed by atoms with van der Waals surface area (Å²) in [6.45, 7) is 7.67. The number of nitrogens with one attached hydrogen (secondary N) is 2. The van der Waals surface area contributed by atoms with Gasteiger partial charge < -0.3 is 19.8 Å². The molecule has 2 rings (SSSR count). The Balaban J connectivity index is 1.66. The standard InChI is InChI=1S/C15H24N2O3/c1-10(13-6-5-7-19-13)16-11-8-12(9-11)17-14(18)20-15(2,3)4/h5-7,10-12,16H,8-9H2,1-4H3,(H,17,18)/t10-,11?,12?/m0/s1. The summed E-state index contributed by atoms with van der Waals surface area (Å²) in [5, 5.41) is 6.37. The average molecular weight is 280 g/mol. The molecule has 0 bridgehead atoms. The third kappa shape index (κ3) is 4.27. The molecule has 1 aliphatic rings. The van der Waals surface area contributed by atoms with Crippen LogP contribution in [-0.4, -0.2) is 23.8 Å². The molecule has 1 aromatic heterocycles. The first-order valence-corrected chi connectivity index (χ1v) is 7.12. The topological polar surface area (TPSA) is 63.5 Å². The van der Waals surface area contributed by atoms with E-state index in [0.717, 1.165) is 18.6 Å². The first-order chi connectivity index (χ1) is 9.33. The van der Waals surface area contributed by atoms with E-state index in [1.165, 1.54) is 0 Å². The molecular formula is C15H24N2O3. The Hall–Kier alpha value is -1.49. The van der Waals surface area contributed by atoms with Gasteiger partial charge >= 0.3 is 6.09 Å². The molecule has 0 aliphatic heterocycles. The van der Waals surface area contributed by atoms with Gasteiger partial charge in [-0.15, -0.1) is 0 Å². The molecule has 1 amide bonds. The fourth-order valence-electron chi connectivity index (χ4n) is 2.32. The van der Waals surface area contributed by atoms with Crippen molar-refractivity contribution >= 4 is 6.09 Å². The highest BCUT2D eigenvalue weighted by atomic mass is 16.6. The molecule has 0 unspecified atom stereocenters. The van der Waals surface area contributed by atoms with E-state index in [9.17, 15) is 4.79 Å². The predicted molar refractivity (Wildman–Crippen MR) is 76.4 cm³/mol. The first-order valence-electron chi connectivity index (χ1n) is 7.12. The summed E-state index contributed by atoms with van der Waals surface area (Å²) in [5.41, 5.74) is -0.445. The van der Waals surface area contributed by atoms with Crippen molar-refractivity contribution < 1.29 is 13.9 Å². The van der Waals surface area contributed by atoms with Gasteiger partial charge in [-0.3, -0.25) is 0 Å². The maximum absolute atomic E-state index is 11.6. The molecule has 1 atom stereocenters. The zero-order chi connectivity index (χ0) is 14.8. The second kappa shape index (κ2) is 5.87. The highest BCUT2D eigenvalue weighted by Crippen LogP contribution is 2.24. The van der Waals surface area contributed by atoms with Crippen molar-refractivity contribution in [1.29, 1.82) is 0 Å². The predicted octanol–water partition coefficient (Wildman–Crippen LogP) is 2.99. The fraction of sp³-hybridized carbons (Fsp3) is 0.667. The molecule has 0 aromatic carbocycles. The number of alkyl carbamates (subject to hydrolysis) is 1. The lowest BCUT2D eigenvalue weighted by molar-refractivity contribution is 0.0462. The molecule has 5 nitrogen and oxygen atoms in total. The van der Waals surface area contributed by atoms with Gasteiger partial charge in [0.2, 0.25) is 0 Å². The minimum Gasteiger partial charge on any atom is -0.468 e. The summed E-state index contributed by atoms with van der Waals surface area (Å²) in [7, 11) is 0. The van der Waals surface area contributed by atoms with E-state index < -0.39 is 5.60 Å². The lowest BCUT2D eigenvalue weighted by Crippen LogP contribution is -2.53. The Morgan fingerprint density at radius 3 is 2.65 bits per heavy atom. The molecule has 0 radical (unpaired) electrons. The Labute approximate surface area is 120 Å². The number of furan rings is 1. The SMILES string of the molecule is C[C@H](NC1CC(NC(=O)OC(C)(C)C)C1)c1ccco1. The monoisotopic (exact) mass is 280 g/mol. The van der Waals surface area contributed by atoms with Crippen LogP contribution in [0.15, 0.2) is 22.8 Å². The van der Waals surface area contributed by atoms with Gasteiger partial charge in [-0.1, -0.05) is 0 Å². The normalized spacial score (nSPS) is 23.8. The molecular weight excluding hydrogens is 256 g/mol. The number of carbonyl (C=O) groups excluding carboxylic acids is 1. The van der Waals surface area contributed by atoms with Crippen molar-refractivity contribution in [2.45, 2.75) is 64.3 Å². The second-order valence-corrected chi connectivity index (χ2v) is 6.42. The van der Waals surface area contributed by atoms with Gasteiger partial charge in [-0.2, -0.15) is 0 Å². The molecule has 0 spiro atoms. The van der Waals surface area contributed by atoms with Crippen LogP contribution in [0.2, 0.25) is 0 Å². The van der Waals surface area contributed by atoms with Crippen molar-refractivity contribution in [3.63, 3.8) is 0 Å². The van der Waals surface area contributed by atoms with Gasteiger partial charge in [0.1, 0.15) is 11.4 Å². The number of ether oxygens (including phenoxy) is 1. The third-order valence-electron chi connectivity index (χ3n) is 3.31. The molecule has 112 valence electrons. The summed E-state index contributed by atoms with van der Waals surface area (Å²) >= 11 is 0. The molecule has 2 N–H and O–H groups in total. The Morgan fingerprint density at radius 2 is 2.10 bits per heavy atom. The van der Waals surface area contributed by atoms with Crippen LogP contribution >= 0.6 is 0 Å². The molecule has 1 aliphatic carbocycles. The third-order valence-corrected chi connectivity index (χ3v) is 3.31. The van der Waals surface area contributed by atoms with E-state index in [1.807, 2.05) is 32.9 Å². The van der Waals surface area contributed by atoms with Gasteiger partial charge in [0.25, 0.3) is 0 Å². The van der Waals surface area contributed by atoms with Crippen molar-refractivity contribution in [2.75, 3.05) is 0 Å². The quantitative estimate of drug-likeness (QED) is 0.890. The van der Waals surface area contributed by atoms with Crippen molar-refractivity contribution in [3.05, 3.63) is 24.2 Å². The highest BCUT2D eigenvalue weighted by Gasteiger charge is 2.32. The summed E-state index contributed by atoms with van der Waals surface area (Å²) in [4.78, 5) is 11.6. The van der Waals surface area contributed by atoms with Crippen LogP contribution in [0.4, 0.5) is 4.79 Å². The van der Waals surface area contributed by atoms with Crippen LogP contribution in [0.1, 0.15) is 52.3 Å². The van der Waals surface area contributed by atoms with E-state index in [0.29, 0.717) is 6.04 Å². The molecule has 1 aromatic rings. The van der Waals surface area contributed by atoms with Crippen LogP contribution in [0.3, 0.4) is 0 Å². The first kappa shape index (κ1) is 14.9. The number of hydrogen-bond donors (Lipinski definition) is 2. The number of amides is 1. The van der Waals surface area contributed by atoms with Crippen molar-refractivity contribution in [1.82, 2.24) is 10.6 Å². The lowest BCUT2D eigenvalue weighted by atomic mass is 9.86. The minimum absolute atomic E-state index is 0.192. The molecule has 0 saturated heterocycles. The fourth-order valence-corrected chi connectivity index (χ4v) is 2.32. The van der Waals surface area contributed by atoms with Gasteiger partial charge in [0, 0.05) is 12.1 Å². The van der Waals surface area contributed by atoms with Gasteiger partial charge in [-0.25, -0.2) is 4.79 Å². The van der Waals surface area contributed by atoms with Crippen LogP contribution in [-0.2, 0) is 4.74 Å². The van der Waals surface area contributed by atoms with Crippen molar-refractivity contribution in [3.8, 4) is 0 Å². The number of rotatable bonds is 4. The maximum Gasteiger partial charge on any atom is 0.407 e. The summed E-state index contributed by atoms with van der Waals surface area (Å²) < 4.78 is 10.6. The Kier molecular flexibility index (Phi) is 4.38. The van der Waals surface area contributed by atoms with Gasteiger partial charge in [0.15, 0.2) is 0 Å². The lowest BCUT2D eigenvalue weighted by Gasteiger charge is -2.38. The highest BCUT2D eigenvalue weighted by molar-refractivity contribution is 5.68. The number of hydrogen-bond acceptors (Lipinski definition) is 4. The van der Waals surface area contributed by atoms with Gasteiger partial charge in [0.05, 0.1) is 12.3 Å².